The molecule has 1 aliphatic heterocycles. The van der Waals surface area contributed by atoms with Crippen molar-refractivity contribution in [3.8, 4) is 11.5 Å². The van der Waals surface area contributed by atoms with Crippen molar-refractivity contribution >= 4 is 40.8 Å². The molecular formula is C30H26ClN3O7. The zero-order valence-electron chi connectivity index (χ0n) is 22.1. The Morgan fingerprint density at radius 2 is 1.56 bits per heavy atom. The Bertz CT molecular complexity index is 1520. The number of fused-ring (bicyclic) bond motifs is 1. The molecule has 2 aliphatic rings. The summed E-state index contributed by atoms with van der Waals surface area (Å²) in [6.45, 7) is 1.47. The van der Waals surface area contributed by atoms with E-state index >= 15 is 0 Å². The van der Waals surface area contributed by atoms with Gasteiger partial charge in [-0.3, -0.25) is 29.3 Å². The van der Waals surface area contributed by atoms with Gasteiger partial charge in [0.2, 0.25) is 0 Å². The van der Waals surface area contributed by atoms with E-state index in [0.29, 0.717) is 24.3 Å². The molecule has 3 amide bonds. The number of carbonyl (C=O) groups is 4. The summed E-state index contributed by atoms with van der Waals surface area (Å²) in [4.78, 5) is 64.3. The first-order valence-corrected chi connectivity index (χ1v) is 13.5. The lowest BCUT2D eigenvalue weighted by Crippen LogP contribution is -2.52. The van der Waals surface area contributed by atoms with Gasteiger partial charge in [0, 0.05) is 17.7 Å². The number of benzene rings is 3. The number of halogens is 1. The highest BCUT2D eigenvalue weighted by Crippen LogP contribution is 2.41. The van der Waals surface area contributed by atoms with Gasteiger partial charge in [-0.05, 0) is 73.7 Å². The highest BCUT2D eigenvalue weighted by molar-refractivity contribution is 6.34. The molecule has 1 saturated heterocycles. The molecule has 1 saturated carbocycles. The van der Waals surface area contributed by atoms with Gasteiger partial charge in [-0.1, -0.05) is 30.7 Å². The molecule has 0 radical (unpaired) electrons. The maximum atomic E-state index is 13.7. The molecule has 1 aliphatic carbocycles. The number of hydrogen-bond acceptors (Lipinski definition) is 7. The van der Waals surface area contributed by atoms with Crippen LogP contribution in [0.2, 0.25) is 5.02 Å². The third-order valence-electron chi connectivity index (χ3n) is 7.50. The average molecular weight is 576 g/mol. The molecule has 3 aromatic rings. The Labute approximate surface area is 240 Å². The van der Waals surface area contributed by atoms with Crippen LogP contribution >= 0.6 is 11.6 Å². The minimum absolute atomic E-state index is 0.0673. The van der Waals surface area contributed by atoms with Gasteiger partial charge in [-0.25, -0.2) is 5.01 Å². The molecule has 0 aromatic heterocycles. The van der Waals surface area contributed by atoms with Crippen LogP contribution in [-0.4, -0.2) is 45.0 Å². The lowest BCUT2D eigenvalue weighted by molar-refractivity contribution is -0.384. The molecule has 210 valence electrons. The first kappa shape index (κ1) is 28.0. The van der Waals surface area contributed by atoms with E-state index in [0.717, 1.165) is 16.4 Å². The van der Waals surface area contributed by atoms with E-state index in [9.17, 15) is 29.3 Å². The number of nitro benzene ring substituents is 1. The minimum Gasteiger partial charge on any atom is -0.457 e. The van der Waals surface area contributed by atoms with E-state index < -0.39 is 46.8 Å². The third kappa shape index (κ3) is 5.69. The molecule has 2 fully saturated rings. The Balaban J connectivity index is 1.38. The Kier molecular flexibility index (Phi) is 7.85. The first-order valence-electron chi connectivity index (χ1n) is 13.1. The predicted octanol–water partition coefficient (Wildman–Crippen LogP) is 5.70. The van der Waals surface area contributed by atoms with Crippen molar-refractivity contribution in [1.82, 2.24) is 10.0 Å². The number of hydrogen-bond donors (Lipinski definition) is 0. The Morgan fingerprint density at radius 1 is 0.951 bits per heavy atom. The van der Waals surface area contributed by atoms with Crippen LogP contribution < -0.4 is 4.74 Å². The van der Waals surface area contributed by atoms with Crippen LogP contribution in [0.3, 0.4) is 0 Å². The number of ketones is 1. The fraction of sp³-hybridized carbons (Fsp3) is 0.267. The van der Waals surface area contributed by atoms with Gasteiger partial charge in [0.05, 0.1) is 27.3 Å². The lowest BCUT2D eigenvalue weighted by atomic mass is 9.76. The Morgan fingerprint density at radius 3 is 2.20 bits per heavy atom. The van der Waals surface area contributed by atoms with Crippen LogP contribution in [0.1, 0.15) is 46.9 Å². The summed E-state index contributed by atoms with van der Waals surface area (Å²) in [7, 11) is 0. The van der Waals surface area contributed by atoms with Crippen molar-refractivity contribution in [1.29, 1.82) is 0 Å². The number of hydrazine groups is 1. The molecule has 41 heavy (non-hydrogen) atoms. The van der Waals surface area contributed by atoms with Crippen molar-refractivity contribution < 1.29 is 28.8 Å². The summed E-state index contributed by atoms with van der Waals surface area (Å²) in [6.07, 6.45) is 1.90. The van der Waals surface area contributed by atoms with Gasteiger partial charge in [-0.15, -0.1) is 0 Å². The smallest absolute Gasteiger partial charge is 0.274 e. The maximum absolute atomic E-state index is 13.7. The van der Waals surface area contributed by atoms with Gasteiger partial charge in [0.25, 0.3) is 23.4 Å². The van der Waals surface area contributed by atoms with Gasteiger partial charge in [0.15, 0.2) is 5.78 Å². The van der Waals surface area contributed by atoms with Crippen LogP contribution in [0.4, 0.5) is 5.69 Å². The second-order valence-electron chi connectivity index (χ2n) is 10.3. The number of imide groups is 1. The summed E-state index contributed by atoms with van der Waals surface area (Å²) >= 11 is 6.28. The average Bonchev–Trinajstić information content (AvgIpc) is 3.20. The number of carbonyl (C=O) groups excluding carboxylic acids is 4. The summed E-state index contributed by atoms with van der Waals surface area (Å²) in [6, 6.07) is 17.9. The topological polar surface area (TPSA) is 127 Å². The number of non-ortho nitro benzene ring substituents is 1. The second-order valence-corrected chi connectivity index (χ2v) is 10.7. The van der Waals surface area contributed by atoms with Crippen molar-refractivity contribution in [3.63, 3.8) is 0 Å². The van der Waals surface area contributed by atoms with E-state index in [1.165, 1.54) is 60.7 Å². The van der Waals surface area contributed by atoms with Crippen LogP contribution in [0.15, 0.2) is 72.8 Å². The van der Waals surface area contributed by atoms with Crippen LogP contribution in [0, 0.1) is 27.9 Å². The molecular weight excluding hydrogens is 550 g/mol. The van der Waals surface area contributed by atoms with Crippen molar-refractivity contribution in [3.05, 3.63) is 99.1 Å². The molecule has 10 nitrogen and oxygen atoms in total. The normalized spacial score (nSPS) is 20.0. The van der Waals surface area contributed by atoms with E-state index in [-0.39, 0.29) is 27.8 Å². The number of Topliss-reactive ketones (excluding diaryl/α,β-unsaturated/α-hetero) is 1. The predicted molar refractivity (Wildman–Crippen MR) is 148 cm³/mol. The van der Waals surface area contributed by atoms with Gasteiger partial charge in [0.1, 0.15) is 18.0 Å². The molecule has 1 heterocycles. The summed E-state index contributed by atoms with van der Waals surface area (Å²) in [5.41, 5.74) is 0.221. The zero-order valence-corrected chi connectivity index (χ0v) is 22.8. The second kappa shape index (κ2) is 11.5. The number of ether oxygens (including phenoxy) is 1. The summed E-state index contributed by atoms with van der Waals surface area (Å²) < 4.78 is 5.70. The van der Waals surface area contributed by atoms with Crippen LogP contribution in [-0.2, 0) is 9.59 Å². The lowest BCUT2D eigenvalue weighted by Gasteiger charge is -2.30. The molecule has 3 atom stereocenters. The van der Waals surface area contributed by atoms with Crippen molar-refractivity contribution in [2.75, 3.05) is 6.54 Å². The number of nitrogens with zero attached hydrogens (tertiary/aromatic N) is 3. The molecule has 11 heteroatoms. The monoisotopic (exact) mass is 575 g/mol. The fourth-order valence-electron chi connectivity index (χ4n) is 5.33. The number of rotatable bonds is 8. The molecule has 3 aromatic carbocycles. The van der Waals surface area contributed by atoms with E-state index in [1.807, 2.05) is 6.92 Å². The largest absolute Gasteiger partial charge is 0.457 e. The van der Waals surface area contributed by atoms with E-state index in [2.05, 4.69) is 0 Å². The minimum atomic E-state index is -0.726. The fourth-order valence-corrected chi connectivity index (χ4v) is 5.54. The van der Waals surface area contributed by atoms with Crippen LogP contribution in [0.25, 0.3) is 0 Å². The number of nitro groups is 1. The van der Waals surface area contributed by atoms with Gasteiger partial charge in [-0.2, -0.15) is 5.01 Å². The standard InChI is InChI=1S/C30H26ClN3O7/c1-18-6-15-23-25(16-18)30(38)33(29(23)37)32(28(36)24-4-2-3-5-26(24)31)17-27(35)19-7-11-21(12-8-19)41-22-13-9-20(10-14-22)34(39)40/h2-5,7-14,18,23,25H,6,15-17H2,1H3/t18-,23+,25-/m1/s1. The molecule has 0 unspecified atom stereocenters. The highest BCUT2D eigenvalue weighted by atomic mass is 35.5. The molecule has 5 rings (SSSR count). The first-order chi connectivity index (χ1) is 19.6. The van der Waals surface area contributed by atoms with E-state index in [1.54, 1.807) is 12.1 Å². The zero-order chi connectivity index (χ0) is 29.3. The quantitative estimate of drug-likeness (QED) is 0.146. The third-order valence-corrected chi connectivity index (χ3v) is 7.83. The number of amides is 3. The van der Waals surface area contributed by atoms with Crippen molar-refractivity contribution in [2.24, 2.45) is 17.8 Å². The Hall–Kier alpha value is -4.57. The summed E-state index contributed by atoms with van der Waals surface area (Å²) in [5, 5.41) is 12.7. The van der Waals surface area contributed by atoms with Crippen LogP contribution in [0.5, 0.6) is 11.5 Å². The summed E-state index contributed by atoms with van der Waals surface area (Å²) in [5.74, 6) is -2.22. The maximum Gasteiger partial charge on any atom is 0.274 e. The SMILES string of the molecule is C[C@@H]1CC[C@@H]2C(=O)N(N(CC(=O)c3ccc(Oc4ccc([N+](=O)[O-])cc4)cc3)C(=O)c3ccccc3Cl)C(=O)[C@@H]2C1. The van der Waals surface area contributed by atoms with Gasteiger partial charge < -0.3 is 4.74 Å². The van der Waals surface area contributed by atoms with Gasteiger partial charge >= 0.3 is 0 Å². The highest BCUT2D eigenvalue weighted by Gasteiger charge is 2.53. The van der Waals surface area contributed by atoms with E-state index in [4.69, 9.17) is 16.3 Å². The molecule has 0 N–H and O–H groups in total. The van der Waals surface area contributed by atoms with Crippen molar-refractivity contribution in [2.45, 2.75) is 26.2 Å². The molecule has 0 bridgehead atoms. The molecule has 0 spiro atoms.